The van der Waals surface area contributed by atoms with Gasteiger partial charge in [0.2, 0.25) is 0 Å². The van der Waals surface area contributed by atoms with Crippen molar-refractivity contribution >= 4 is 11.6 Å². The van der Waals surface area contributed by atoms with Crippen LogP contribution in [0.25, 0.3) is 0 Å². The van der Waals surface area contributed by atoms with Crippen molar-refractivity contribution in [3.63, 3.8) is 0 Å². The molecule has 0 atom stereocenters. The highest BCUT2D eigenvalue weighted by Gasteiger charge is 2.09. The Kier molecular flexibility index (Phi) is 4.83. The zero-order chi connectivity index (χ0) is 16.1. The first-order chi connectivity index (χ1) is 10.5. The first-order valence-corrected chi connectivity index (χ1v) is 6.72. The molecule has 2 rings (SSSR count). The van der Waals surface area contributed by atoms with E-state index in [1.165, 1.54) is 0 Å². The van der Waals surface area contributed by atoms with Crippen LogP contribution in [-0.4, -0.2) is 32.2 Å². The molecular weight excluding hydrogens is 282 g/mol. The van der Waals surface area contributed by atoms with Crippen LogP contribution in [0, 0.1) is 0 Å². The maximum Gasteiger partial charge on any atom is 0.267 e. The summed E-state index contributed by atoms with van der Waals surface area (Å²) in [5.74, 6) is 0.920. The zero-order valence-corrected chi connectivity index (χ0v) is 12.9. The van der Waals surface area contributed by atoms with Crippen LogP contribution in [0.15, 0.2) is 36.5 Å². The SMILES string of the molecule is COc1cc(CN(C)c2ccnc(C(N)=O)c2)cc(OC)c1. The summed E-state index contributed by atoms with van der Waals surface area (Å²) < 4.78 is 10.5. The molecule has 1 heterocycles. The molecule has 2 aromatic rings. The second-order valence-electron chi connectivity index (χ2n) is 4.84. The first kappa shape index (κ1) is 15.6. The quantitative estimate of drug-likeness (QED) is 0.880. The normalized spacial score (nSPS) is 10.1. The Morgan fingerprint density at radius 1 is 1.18 bits per heavy atom. The Morgan fingerprint density at radius 3 is 2.36 bits per heavy atom. The van der Waals surface area contributed by atoms with Gasteiger partial charge in [0, 0.05) is 31.5 Å². The summed E-state index contributed by atoms with van der Waals surface area (Å²) in [6.07, 6.45) is 1.57. The predicted octanol–water partition coefficient (Wildman–Crippen LogP) is 1.83. The van der Waals surface area contributed by atoms with Crippen LogP contribution in [-0.2, 0) is 6.54 Å². The van der Waals surface area contributed by atoms with E-state index in [1.807, 2.05) is 36.2 Å². The van der Waals surface area contributed by atoms with E-state index in [2.05, 4.69) is 4.98 Å². The van der Waals surface area contributed by atoms with Crippen LogP contribution in [0.5, 0.6) is 11.5 Å². The molecular formula is C16H19N3O3. The first-order valence-electron chi connectivity index (χ1n) is 6.72. The molecule has 0 aliphatic carbocycles. The molecule has 0 aliphatic heterocycles. The topological polar surface area (TPSA) is 77.7 Å². The molecule has 6 heteroatoms. The molecule has 22 heavy (non-hydrogen) atoms. The van der Waals surface area contributed by atoms with E-state index in [-0.39, 0.29) is 5.69 Å². The molecule has 116 valence electrons. The fourth-order valence-corrected chi connectivity index (χ4v) is 2.11. The minimum absolute atomic E-state index is 0.243. The third-order valence-corrected chi connectivity index (χ3v) is 3.27. The van der Waals surface area contributed by atoms with Crippen molar-refractivity contribution in [3.05, 3.63) is 47.8 Å². The number of nitrogens with two attached hydrogens (primary N) is 1. The summed E-state index contributed by atoms with van der Waals surface area (Å²) in [7, 11) is 5.15. The van der Waals surface area contributed by atoms with E-state index in [4.69, 9.17) is 15.2 Å². The molecule has 0 spiro atoms. The summed E-state index contributed by atoms with van der Waals surface area (Å²) in [4.78, 5) is 17.1. The number of hydrogen-bond donors (Lipinski definition) is 1. The number of hydrogen-bond acceptors (Lipinski definition) is 5. The number of amides is 1. The standard InChI is InChI=1S/C16H19N3O3/c1-19(12-4-5-18-15(8-12)16(17)20)10-11-6-13(21-2)9-14(7-11)22-3/h4-9H,10H2,1-3H3,(H2,17,20). The maximum atomic E-state index is 11.2. The number of aromatic nitrogens is 1. The highest BCUT2D eigenvalue weighted by molar-refractivity contribution is 5.91. The molecule has 0 bridgehead atoms. The average molecular weight is 301 g/mol. The van der Waals surface area contributed by atoms with Crippen LogP contribution in [0.4, 0.5) is 5.69 Å². The molecule has 0 saturated heterocycles. The van der Waals surface area contributed by atoms with Crippen molar-refractivity contribution < 1.29 is 14.3 Å². The van der Waals surface area contributed by atoms with E-state index in [1.54, 1.807) is 26.5 Å². The van der Waals surface area contributed by atoms with Crippen molar-refractivity contribution in [2.24, 2.45) is 5.73 Å². The number of benzene rings is 1. The number of ether oxygens (including phenoxy) is 2. The third-order valence-electron chi connectivity index (χ3n) is 3.27. The zero-order valence-electron chi connectivity index (χ0n) is 12.9. The van der Waals surface area contributed by atoms with Crippen molar-refractivity contribution in [1.82, 2.24) is 4.98 Å². The van der Waals surface area contributed by atoms with E-state index in [0.29, 0.717) is 6.54 Å². The summed E-state index contributed by atoms with van der Waals surface area (Å²) in [5, 5.41) is 0. The lowest BCUT2D eigenvalue weighted by atomic mass is 10.1. The van der Waals surface area contributed by atoms with Gasteiger partial charge in [-0.25, -0.2) is 0 Å². The Hall–Kier alpha value is -2.76. The Labute approximate surface area is 129 Å². The number of carbonyl (C=O) groups is 1. The van der Waals surface area contributed by atoms with Crippen LogP contribution in [0.3, 0.4) is 0 Å². The van der Waals surface area contributed by atoms with E-state index in [9.17, 15) is 4.79 Å². The van der Waals surface area contributed by atoms with Crippen LogP contribution >= 0.6 is 0 Å². The Bertz CT molecular complexity index is 651. The van der Waals surface area contributed by atoms with Gasteiger partial charge in [-0.3, -0.25) is 9.78 Å². The molecule has 2 N–H and O–H groups in total. The van der Waals surface area contributed by atoms with E-state index >= 15 is 0 Å². The average Bonchev–Trinajstić information content (AvgIpc) is 2.54. The minimum Gasteiger partial charge on any atom is -0.497 e. The molecule has 0 saturated carbocycles. The van der Waals surface area contributed by atoms with Gasteiger partial charge in [-0.15, -0.1) is 0 Å². The molecule has 6 nitrogen and oxygen atoms in total. The van der Waals surface area contributed by atoms with Gasteiger partial charge < -0.3 is 20.1 Å². The lowest BCUT2D eigenvalue weighted by Crippen LogP contribution is -2.19. The van der Waals surface area contributed by atoms with Gasteiger partial charge in [0.1, 0.15) is 17.2 Å². The fraction of sp³-hybridized carbons (Fsp3) is 0.250. The van der Waals surface area contributed by atoms with Gasteiger partial charge in [0.25, 0.3) is 5.91 Å². The molecule has 1 aromatic carbocycles. The number of anilines is 1. The number of nitrogens with zero attached hydrogens (tertiary/aromatic N) is 2. The van der Waals surface area contributed by atoms with Crippen LogP contribution < -0.4 is 20.1 Å². The molecule has 1 amide bonds. The number of methoxy groups -OCH3 is 2. The Morgan fingerprint density at radius 2 is 1.82 bits per heavy atom. The van der Waals surface area contributed by atoms with E-state index < -0.39 is 5.91 Å². The molecule has 0 fully saturated rings. The second-order valence-corrected chi connectivity index (χ2v) is 4.84. The number of rotatable bonds is 6. The highest BCUT2D eigenvalue weighted by Crippen LogP contribution is 2.24. The number of primary amides is 1. The monoisotopic (exact) mass is 301 g/mol. The van der Waals surface area contributed by atoms with Gasteiger partial charge in [-0.2, -0.15) is 0 Å². The van der Waals surface area contributed by atoms with Gasteiger partial charge in [0.15, 0.2) is 0 Å². The third kappa shape index (κ3) is 3.66. The van der Waals surface area contributed by atoms with E-state index in [0.717, 1.165) is 22.7 Å². The molecule has 0 radical (unpaired) electrons. The minimum atomic E-state index is -0.543. The summed E-state index contributed by atoms with van der Waals surface area (Å²) in [6.45, 7) is 0.621. The maximum absolute atomic E-state index is 11.2. The fourth-order valence-electron chi connectivity index (χ4n) is 2.11. The largest absolute Gasteiger partial charge is 0.497 e. The summed E-state index contributed by atoms with van der Waals surface area (Å²) >= 11 is 0. The molecule has 0 unspecified atom stereocenters. The van der Waals surface area contributed by atoms with Crippen LogP contribution in [0.1, 0.15) is 16.1 Å². The highest BCUT2D eigenvalue weighted by atomic mass is 16.5. The summed E-state index contributed by atoms with van der Waals surface area (Å²) in [5.41, 5.74) is 7.38. The smallest absolute Gasteiger partial charge is 0.267 e. The van der Waals surface area contributed by atoms with Crippen molar-refractivity contribution in [1.29, 1.82) is 0 Å². The van der Waals surface area contributed by atoms with Crippen LogP contribution in [0.2, 0.25) is 0 Å². The lowest BCUT2D eigenvalue weighted by Gasteiger charge is -2.20. The predicted molar refractivity (Wildman–Crippen MR) is 84.4 cm³/mol. The number of pyridine rings is 1. The Balaban J connectivity index is 2.23. The second kappa shape index (κ2) is 6.80. The molecule has 1 aromatic heterocycles. The van der Waals surface area contributed by atoms with Crippen molar-refractivity contribution in [2.45, 2.75) is 6.54 Å². The summed E-state index contributed by atoms with van der Waals surface area (Å²) in [6, 6.07) is 9.19. The van der Waals surface area contributed by atoms with Gasteiger partial charge in [-0.05, 0) is 29.8 Å². The lowest BCUT2D eigenvalue weighted by molar-refractivity contribution is 0.0995. The van der Waals surface area contributed by atoms with Crippen molar-refractivity contribution in [3.8, 4) is 11.5 Å². The molecule has 0 aliphatic rings. The van der Waals surface area contributed by atoms with Gasteiger partial charge in [-0.1, -0.05) is 0 Å². The number of carbonyl (C=O) groups excluding carboxylic acids is 1. The van der Waals surface area contributed by atoms with Crippen molar-refractivity contribution in [2.75, 3.05) is 26.2 Å². The van der Waals surface area contributed by atoms with Gasteiger partial charge in [0.05, 0.1) is 14.2 Å². The van der Waals surface area contributed by atoms with Gasteiger partial charge >= 0.3 is 0 Å².